The molecule has 0 unspecified atom stereocenters. The Kier molecular flexibility index (Phi) is 3.72. The van der Waals surface area contributed by atoms with Gasteiger partial charge in [-0.15, -0.1) is 11.3 Å². The van der Waals surface area contributed by atoms with Gasteiger partial charge in [0, 0.05) is 45.4 Å². The highest BCUT2D eigenvalue weighted by Gasteiger charge is 2.15. The summed E-state index contributed by atoms with van der Waals surface area (Å²) in [5, 5.41) is 9.27. The Hall–Kier alpha value is -3.91. The number of hydrogen-bond donors (Lipinski definition) is 2. The fourth-order valence-corrected chi connectivity index (χ4v) is 4.38. The molecule has 6 heterocycles. The van der Waals surface area contributed by atoms with Gasteiger partial charge in [-0.05, 0) is 36.4 Å². The molecule has 0 bridgehead atoms. The van der Waals surface area contributed by atoms with E-state index in [1.165, 1.54) is 6.07 Å². The zero-order chi connectivity index (χ0) is 20.1. The van der Waals surface area contributed by atoms with E-state index in [1.807, 2.05) is 24.3 Å². The zero-order valence-corrected chi connectivity index (χ0v) is 16.2. The summed E-state index contributed by atoms with van der Waals surface area (Å²) in [5.74, 6) is 0. The first-order chi connectivity index (χ1) is 14.8. The maximum atomic E-state index is 13.6. The molecule has 0 atom stereocenters. The lowest BCUT2D eigenvalue weighted by Crippen LogP contribution is -1.85. The van der Waals surface area contributed by atoms with Crippen molar-refractivity contribution in [1.82, 2.24) is 30.1 Å². The number of aromatic amines is 2. The topological polar surface area (TPSA) is 83.1 Å². The van der Waals surface area contributed by atoms with E-state index in [-0.39, 0.29) is 5.13 Å². The average Bonchev–Trinajstić information content (AvgIpc) is 3.51. The first-order valence-electron chi connectivity index (χ1n) is 9.23. The third-order valence-electron chi connectivity index (χ3n) is 5.04. The highest BCUT2D eigenvalue weighted by Crippen LogP contribution is 2.36. The summed E-state index contributed by atoms with van der Waals surface area (Å²) >= 11 is 1.11. The van der Waals surface area contributed by atoms with Gasteiger partial charge in [0.15, 0.2) is 5.13 Å². The van der Waals surface area contributed by atoms with E-state index in [9.17, 15) is 4.39 Å². The van der Waals surface area contributed by atoms with Crippen molar-refractivity contribution < 1.29 is 4.39 Å². The van der Waals surface area contributed by atoms with Gasteiger partial charge in [-0.2, -0.15) is 9.49 Å². The molecule has 0 saturated heterocycles. The van der Waals surface area contributed by atoms with Crippen LogP contribution in [0.3, 0.4) is 0 Å². The Bertz CT molecular complexity index is 1520. The van der Waals surface area contributed by atoms with Crippen molar-refractivity contribution in [1.29, 1.82) is 0 Å². The molecule has 0 aliphatic rings. The highest BCUT2D eigenvalue weighted by molar-refractivity contribution is 7.14. The third kappa shape index (κ3) is 2.69. The molecule has 0 amide bonds. The van der Waals surface area contributed by atoms with E-state index in [0.29, 0.717) is 0 Å². The Morgan fingerprint density at radius 3 is 2.70 bits per heavy atom. The van der Waals surface area contributed by atoms with Gasteiger partial charge in [-0.3, -0.25) is 20.1 Å². The number of hydrogen-bond acceptors (Lipinski definition) is 5. The molecule has 6 aromatic heterocycles. The summed E-state index contributed by atoms with van der Waals surface area (Å²) in [7, 11) is 0. The maximum Gasteiger partial charge on any atom is 0.176 e. The quantitative estimate of drug-likeness (QED) is 0.406. The van der Waals surface area contributed by atoms with Crippen LogP contribution >= 0.6 is 11.3 Å². The summed E-state index contributed by atoms with van der Waals surface area (Å²) in [4.78, 5) is 17.2. The SMILES string of the molecule is Fc1ccc(-c2cncc3[nH]c(-c4n[nH]c5cnc(-c6cccnc6)cc45)cc23)s1. The van der Waals surface area contributed by atoms with Gasteiger partial charge in [0.25, 0.3) is 0 Å². The molecule has 144 valence electrons. The van der Waals surface area contributed by atoms with Crippen molar-refractivity contribution >= 4 is 33.1 Å². The Morgan fingerprint density at radius 1 is 0.900 bits per heavy atom. The first kappa shape index (κ1) is 17.0. The van der Waals surface area contributed by atoms with Gasteiger partial charge in [-0.25, -0.2) is 0 Å². The van der Waals surface area contributed by atoms with E-state index in [4.69, 9.17) is 0 Å². The van der Waals surface area contributed by atoms with Crippen molar-refractivity contribution in [2.45, 2.75) is 0 Å². The Morgan fingerprint density at radius 2 is 1.87 bits per heavy atom. The summed E-state index contributed by atoms with van der Waals surface area (Å²) in [6.45, 7) is 0. The second-order valence-corrected chi connectivity index (χ2v) is 7.90. The van der Waals surface area contributed by atoms with Crippen LogP contribution in [-0.4, -0.2) is 30.1 Å². The molecule has 0 saturated carbocycles. The standard InChI is InChI=1S/C22H13FN6S/c23-21-4-3-20(30-21)15-9-25-10-18-13(15)6-17(27-18)22-14-7-16(12-2-1-5-24-8-12)26-11-19(14)28-29-22/h1-11,27H,(H,28,29). The van der Waals surface area contributed by atoms with Gasteiger partial charge in [0.2, 0.25) is 0 Å². The van der Waals surface area contributed by atoms with Gasteiger partial charge in [0.1, 0.15) is 5.69 Å². The molecule has 0 fully saturated rings. The van der Waals surface area contributed by atoms with Crippen molar-refractivity contribution in [2.75, 3.05) is 0 Å². The third-order valence-corrected chi connectivity index (χ3v) is 5.95. The molecule has 6 nitrogen and oxygen atoms in total. The summed E-state index contributed by atoms with van der Waals surface area (Å²) in [6, 6.07) is 11.1. The van der Waals surface area contributed by atoms with E-state index >= 15 is 0 Å². The second-order valence-electron chi connectivity index (χ2n) is 6.86. The fraction of sp³-hybridized carbons (Fsp3) is 0. The normalized spacial score (nSPS) is 11.5. The van der Waals surface area contributed by atoms with Gasteiger partial charge in [0.05, 0.1) is 34.8 Å². The summed E-state index contributed by atoms with van der Waals surface area (Å²) < 4.78 is 13.6. The number of halogens is 1. The largest absolute Gasteiger partial charge is 0.352 e. The second kappa shape index (κ2) is 6.57. The van der Waals surface area contributed by atoms with E-state index < -0.39 is 0 Å². The van der Waals surface area contributed by atoms with E-state index in [2.05, 4.69) is 30.1 Å². The first-order valence-corrected chi connectivity index (χ1v) is 10.1. The van der Waals surface area contributed by atoms with Gasteiger partial charge >= 0.3 is 0 Å². The zero-order valence-electron chi connectivity index (χ0n) is 15.4. The van der Waals surface area contributed by atoms with Crippen LogP contribution in [0.5, 0.6) is 0 Å². The molecule has 8 heteroatoms. The predicted molar refractivity (Wildman–Crippen MR) is 115 cm³/mol. The molecular formula is C22H13FN6S. The van der Waals surface area contributed by atoms with Crippen LogP contribution in [0.15, 0.2) is 67.4 Å². The van der Waals surface area contributed by atoms with Crippen LogP contribution in [-0.2, 0) is 0 Å². The van der Waals surface area contributed by atoms with E-state index in [0.717, 1.165) is 66.2 Å². The van der Waals surface area contributed by atoms with Crippen molar-refractivity contribution in [3.63, 3.8) is 0 Å². The molecule has 0 aliphatic heterocycles. The number of H-pyrrole nitrogens is 2. The number of aromatic nitrogens is 6. The maximum absolute atomic E-state index is 13.6. The molecule has 6 rings (SSSR count). The molecule has 0 aliphatic carbocycles. The van der Waals surface area contributed by atoms with E-state index in [1.54, 1.807) is 37.1 Å². The molecule has 2 N–H and O–H groups in total. The minimum atomic E-state index is -0.216. The number of nitrogens with one attached hydrogen (secondary N) is 2. The van der Waals surface area contributed by atoms with Gasteiger partial charge in [-0.1, -0.05) is 0 Å². The lowest BCUT2D eigenvalue weighted by atomic mass is 10.1. The molecule has 6 aromatic rings. The van der Waals surface area contributed by atoms with Crippen LogP contribution in [0.1, 0.15) is 0 Å². The summed E-state index contributed by atoms with van der Waals surface area (Å²) in [6.07, 6.45) is 8.83. The summed E-state index contributed by atoms with van der Waals surface area (Å²) in [5.41, 5.74) is 6.01. The number of thiophene rings is 1. The van der Waals surface area contributed by atoms with Crippen molar-refractivity contribution in [3.05, 3.63) is 72.5 Å². The minimum Gasteiger partial charge on any atom is -0.352 e. The predicted octanol–water partition coefficient (Wildman–Crippen LogP) is 5.43. The average molecular weight is 412 g/mol. The van der Waals surface area contributed by atoms with Crippen molar-refractivity contribution in [2.24, 2.45) is 0 Å². The molecule has 0 spiro atoms. The highest BCUT2D eigenvalue weighted by atomic mass is 32.1. The van der Waals surface area contributed by atoms with Crippen LogP contribution in [0.25, 0.3) is 54.9 Å². The van der Waals surface area contributed by atoms with Crippen LogP contribution in [0.4, 0.5) is 4.39 Å². The molecule has 30 heavy (non-hydrogen) atoms. The molecule has 0 aromatic carbocycles. The molecule has 0 radical (unpaired) electrons. The van der Waals surface area contributed by atoms with Crippen molar-refractivity contribution in [3.8, 4) is 33.1 Å². The number of rotatable bonds is 3. The lowest BCUT2D eigenvalue weighted by molar-refractivity contribution is 0.657. The lowest BCUT2D eigenvalue weighted by Gasteiger charge is -2.00. The number of fused-ring (bicyclic) bond motifs is 2. The molecular weight excluding hydrogens is 399 g/mol. The Labute approximate surface area is 173 Å². The smallest absolute Gasteiger partial charge is 0.176 e. The fourth-order valence-electron chi connectivity index (χ4n) is 3.63. The van der Waals surface area contributed by atoms with Gasteiger partial charge < -0.3 is 4.98 Å². The van der Waals surface area contributed by atoms with Crippen LogP contribution in [0.2, 0.25) is 0 Å². The van der Waals surface area contributed by atoms with Crippen LogP contribution < -0.4 is 0 Å². The monoisotopic (exact) mass is 412 g/mol. The number of pyridine rings is 3. The Balaban J connectivity index is 1.52. The van der Waals surface area contributed by atoms with Crippen LogP contribution in [0, 0.1) is 5.13 Å². The minimum absolute atomic E-state index is 0.216. The number of nitrogens with zero attached hydrogens (tertiary/aromatic N) is 4.